The van der Waals surface area contributed by atoms with E-state index in [1.807, 2.05) is 12.3 Å². The molecule has 0 N–H and O–H groups in total. The van der Waals surface area contributed by atoms with Gasteiger partial charge in [-0.15, -0.1) is 0 Å². The number of rotatable bonds is 4. The Balaban J connectivity index is 1.52. The molecule has 0 saturated carbocycles. The number of amides is 1. The van der Waals surface area contributed by atoms with Crippen molar-refractivity contribution < 1.29 is 4.79 Å². The van der Waals surface area contributed by atoms with Gasteiger partial charge in [-0.1, -0.05) is 37.3 Å². The van der Waals surface area contributed by atoms with Gasteiger partial charge in [0.05, 0.1) is 17.8 Å². The fourth-order valence-electron chi connectivity index (χ4n) is 4.29. The van der Waals surface area contributed by atoms with Crippen molar-refractivity contribution in [2.75, 3.05) is 32.7 Å². The van der Waals surface area contributed by atoms with Gasteiger partial charge < -0.3 is 9.47 Å². The van der Waals surface area contributed by atoms with Crippen molar-refractivity contribution in [3.8, 4) is 11.3 Å². The van der Waals surface area contributed by atoms with Crippen LogP contribution in [0.1, 0.15) is 37.9 Å². The lowest BCUT2D eigenvalue weighted by Crippen LogP contribution is -2.50. The van der Waals surface area contributed by atoms with Gasteiger partial charge in [-0.3, -0.25) is 9.69 Å². The van der Waals surface area contributed by atoms with Crippen LogP contribution in [-0.4, -0.2) is 58.0 Å². The summed E-state index contributed by atoms with van der Waals surface area (Å²) >= 11 is 0. The van der Waals surface area contributed by atoms with Crippen LogP contribution in [0.2, 0.25) is 0 Å². The van der Waals surface area contributed by atoms with E-state index in [4.69, 9.17) is 0 Å². The average Bonchev–Trinajstić information content (AvgIpc) is 3.13. The first-order valence-corrected chi connectivity index (χ1v) is 9.90. The first-order chi connectivity index (χ1) is 12.8. The van der Waals surface area contributed by atoms with Crippen LogP contribution in [0.3, 0.4) is 0 Å². The number of carbonyl (C=O) groups is 1. The van der Waals surface area contributed by atoms with E-state index in [1.54, 1.807) is 0 Å². The number of imidazole rings is 1. The van der Waals surface area contributed by atoms with Crippen molar-refractivity contribution in [1.29, 1.82) is 0 Å². The van der Waals surface area contributed by atoms with Crippen molar-refractivity contribution in [1.82, 2.24) is 19.4 Å². The van der Waals surface area contributed by atoms with Crippen LogP contribution in [0, 0.1) is 0 Å². The molecule has 5 heteroatoms. The minimum absolute atomic E-state index is 0.0843. The molecule has 1 aromatic heterocycles. The lowest BCUT2D eigenvalue weighted by molar-refractivity contribution is -0.135. The Bertz CT molecular complexity index is 747. The van der Waals surface area contributed by atoms with Crippen LogP contribution in [-0.2, 0) is 11.3 Å². The molecule has 26 heavy (non-hydrogen) atoms. The Morgan fingerprint density at radius 3 is 2.62 bits per heavy atom. The summed E-state index contributed by atoms with van der Waals surface area (Å²) in [6, 6.07) is 10.4. The highest BCUT2D eigenvalue weighted by Gasteiger charge is 2.34. The molecule has 0 radical (unpaired) electrons. The Hall–Kier alpha value is -2.14. The summed E-state index contributed by atoms with van der Waals surface area (Å²) in [6.45, 7) is 7.99. The molecule has 1 unspecified atom stereocenters. The molecular weight excluding hydrogens is 324 g/mol. The van der Waals surface area contributed by atoms with E-state index in [0.717, 1.165) is 63.6 Å². The smallest absolute Gasteiger partial charge is 0.233 e. The van der Waals surface area contributed by atoms with Crippen molar-refractivity contribution in [2.45, 2.75) is 38.6 Å². The molecule has 138 valence electrons. The Morgan fingerprint density at radius 2 is 1.88 bits per heavy atom. The van der Waals surface area contributed by atoms with Gasteiger partial charge in [-0.2, -0.15) is 0 Å². The van der Waals surface area contributed by atoms with Crippen LogP contribution in [0.25, 0.3) is 11.3 Å². The quantitative estimate of drug-likeness (QED) is 0.849. The van der Waals surface area contributed by atoms with E-state index in [9.17, 15) is 4.79 Å². The van der Waals surface area contributed by atoms with Gasteiger partial charge in [-0.25, -0.2) is 4.98 Å². The van der Waals surface area contributed by atoms with E-state index in [2.05, 4.69) is 50.5 Å². The zero-order valence-corrected chi connectivity index (χ0v) is 15.6. The summed E-state index contributed by atoms with van der Waals surface area (Å²) in [6.07, 6.45) is 5.07. The second-order valence-electron chi connectivity index (χ2n) is 7.38. The van der Waals surface area contributed by atoms with E-state index >= 15 is 0 Å². The fraction of sp³-hybridized carbons (Fsp3) is 0.524. The summed E-state index contributed by atoms with van der Waals surface area (Å²) in [7, 11) is 0. The molecule has 5 nitrogen and oxygen atoms in total. The van der Waals surface area contributed by atoms with Crippen LogP contribution in [0.15, 0.2) is 36.5 Å². The van der Waals surface area contributed by atoms with E-state index in [-0.39, 0.29) is 11.8 Å². The van der Waals surface area contributed by atoms with E-state index < -0.39 is 0 Å². The third kappa shape index (κ3) is 3.28. The number of benzene rings is 1. The number of nitrogens with zero attached hydrogens (tertiary/aromatic N) is 4. The summed E-state index contributed by atoms with van der Waals surface area (Å²) in [5, 5.41) is 0. The highest BCUT2D eigenvalue weighted by molar-refractivity contribution is 5.83. The maximum Gasteiger partial charge on any atom is 0.233 e. The van der Waals surface area contributed by atoms with Gasteiger partial charge in [0.15, 0.2) is 0 Å². The summed E-state index contributed by atoms with van der Waals surface area (Å²) < 4.78 is 2.26. The monoisotopic (exact) mass is 352 g/mol. The highest BCUT2D eigenvalue weighted by Crippen LogP contribution is 2.33. The number of hydrogen-bond acceptors (Lipinski definition) is 3. The number of carbonyl (C=O) groups excluding carboxylic acids is 1. The third-order valence-electron chi connectivity index (χ3n) is 5.66. The number of fused-ring (bicyclic) bond motifs is 1. The average molecular weight is 352 g/mol. The van der Waals surface area contributed by atoms with E-state index in [1.165, 1.54) is 12.0 Å². The number of aromatic nitrogens is 2. The molecule has 3 heterocycles. The molecule has 1 amide bonds. The summed E-state index contributed by atoms with van der Waals surface area (Å²) in [5.41, 5.74) is 2.30. The van der Waals surface area contributed by atoms with Gasteiger partial charge in [-0.05, 0) is 31.4 Å². The molecule has 2 aliphatic rings. The summed E-state index contributed by atoms with van der Waals surface area (Å²) in [4.78, 5) is 22.4. The predicted molar refractivity (Wildman–Crippen MR) is 103 cm³/mol. The summed E-state index contributed by atoms with van der Waals surface area (Å²) in [5.74, 6) is 1.14. The van der Waals surface area contributed by atoms with Gasteiger partial charge in [0.2, 0.25) is 5.91 Å². The zero-order valence-electron chi connectivity index (χ0n) is 15.6. The van der Waals surface area contributed by atoms with Crippen molar-refractivity contribution in [3.05, 3.63) is 42.4 Å². The molecular formula is C21H28N4O. The molecule has 0 aliphatic carbocycles. The van der Waals surface area contributed by atoms with Crippen LogP contribution < -0.4 is 0 Å². The highest BCUT2D eigenvalue weighted by atomic mass is 16.2. The maximum absolute atomic E-state index is 13.2. The largest absolute Gasteiger partial charge is 0.340 e. The van der Waals surface area contributed by atoms with Gasteiger partial charge in [0.25, 0.3) is 0 Å². The maximum atomic E-state index is 13.2. The van der Waals surface area contributed by atoms with E-state index in [0.29, 0.717) is 0 Å². The molecule has 2 aliphatic heterocycles. The van der Waals surface area contributed by atoms with Crippen LogP contribution in [0.4, 0.5) is 0 Å². The Morgan fingerprint density at radius 1 is 1.12 bits per heavy atom. The van der Waals surface area contributed by atoms with Crippen molar-refractivity contribution in [3.63, 3.8) is 0 Å². The molecule has 1 aromatic carbocycles. The minimum atomic E-state index is -0.0843. The zero-order chi connectivity index (χ0) is 17.9. The topological polar surface area (TPSA) is 41.4 Å². The third-order valence-corrected chi connectivity index (χ3v) is 5.66. The standard InChI is InChI=1S/C21H28N4O/c1-2-10-23-12-14-24(15-13-23)21(26)18-9-6-11-25-19(16-22-20(18)25)17-7-4-3-5-8-17/h3-5,7-8,16,18H,2,6,9-15H2,1H3. The molecule has 2 aromatic rings. The van der Waals surface area contributed by atoms with Crippen LogP contribution in [0.5, 0.6) is 0 Å². The van der Waals surface area contributed by atoms with Gasteiger partial charge >= 0.3 is 0 Å². The number of hydrogen-bond donors (Lipinski definition) is 0. The second-order valence-corrected chi connectivity index (χ2v) is 7.38. The number of piperazine rings is 1. The molecule has 1 atom stereocenters. The molecule has 1 fully saturated rings. The molecule has 4 rings (SSSR count). The normalized spacial score (nSPS) is 20.8. The van der Waals surface area contributed by atoms with Crippen molar-refractivity contribution in [2.24, 2.45) is 0 Å². The Labute approximate surface area is 155 Å². The van der Waals surface area contributed by atoms with Crippen molar-refractivity contribution >= 4 is 5.91 Å². The van der Waals surface area contributed by atoms with Gasteiger partial charge in [0.1, 0.15) is 5.82 Å². The lowest BCUT2D eigenvalue weighted by Gasteiger charge is -2.37. The predicted octanol–water partition coefficient (Wildman–Crippen LogP) is 2.98. The van der Waals surface area contributed by atoms with Gasteiger partial charge in [0, 0.05) is 32.7 Å². The van der Waals surface area contributed by atoms with Crippen LogP contribution >= 0.6 is 0 Å². The second kappa shape index (κ2) is 7.62. The minimum Gasteiger partial charge on any atom is -0.340 e. The SMILES string of the molecule is CCCN1CCN(C(=O)C2CCCn3c(-c4ccccc4)cnc32)CC1. The molecule has 1 saturated heterocycles. The fourth-order valence-corrected chi connectivity index (χ4v) is 4.29. The lowest BCUT2D eigenvalue weighted by atomic mass is 9.96. The Kier molecular flexibility index (Phi) is 5.07. The molecule has 0 spiro atoms. The first kappa shape index (κ1) is 17.3. The molecule has 0 bridgehead atoms. The first-order valence-electron chi connectivity index (χ1n) is 9.90.